The summed E-state index contributed by atoms with van der Waals surface area (Å²) in [5, 5.41) is 1.20. The van der Waals surface area contributed by atoms with E-state index >= 15 is 0 Å². The van der Waals surface area contributed by atoms with Crippen LogP contribution in [0.15, 0.2) is 24.4 Å². The van der Waals surface area contributed by atoms with E-state index in [4.69, 9.17) is 0 Å². The lowest BCUT2D eigenvalue weighted by molar-refractivity contribution is 0.969. The number of nitrogens with zero attached hydrogens (tertiary/aromatic N) is 1. The first-order valence-corrected chi connectivity index (χ1v) is 3.71. The molecule has 1 aromatic carbocycles. The Labute approximate surface area is 66.3 Å². The second-order valence-corrected chi connectivity index (χ2v) is 2.87. The first-order chi connectivity index (χ1) is 5.27. The van der Waals surface area contributed by atoms with E-state index in [-0.39, 0.29) is 0 Å². The van der Waals surface area contributed by atoms with Gasteiger partial charge < -0.3 is 4.57 Å². The summed E-state index contributed by atoms with van der Waals surface area (Å²) in [6, 6.07) is 9.59. The van der Waals surface area contributed by atoms with Crippen LogP contribution in [0.4, 0.5) is 0 Å². The Morgan fingerprint density at radius 2 is 2.09 bits per heavy atom. The molecule has 0 N–H and O–H groups in total. The fourth-order valence-corrected chi connectivity index (χ4v) is 1.31. The van der Waals surface area contributed by atoms with Gasteiger partial charge >= 0.3 is 0 Å². The van der Waals surface area contributed by atoms with Gasteiger partial charge in [0.25, 0.3) is 0 Å². The third-order valence-electron chi connectivity index (χ3n) is 1.94. The van der Waals surface area contributed by atoms with Crippen LogP contribution in [0.5, 0.6) is 0 Å². The number of aromatic nitrogens is 1. The zero-order valence-electron chi connectivity index (χ0n) is 6.76. The summed E-state index contributed by atoms with van der Waals surface area (Å²) >= 11 is 0. The average Bonchev–Trinajstić information content (AvgIpc) is 2.32. The molecule has 1 heteroatoms. The van der Waals surface area contributed by atoms with Gasteiger partial charge in [-0.05, 0) is 30.7 Å². The Balaban J connectivity index is 2.86. The lowest BCUT2D eigenvalue weighted by atomic mass is 10.2. The van der Waals surface area contributed by atoms with Crippen LogP contribution in [0.25, 0.3) is 10.9 Å². The molecular weight excluding hydrogens is 134 g/mol. The van der Waals surface area contributed by atoms with Gasteiger partial charge in [-0.15, -0.1) is 0 Å². The van der Waals surface area contributed by atoms with Gasteiger partial charge in [0.2, 0.25) is 0 Å². The third-order valence-corrected chi connectivity index (χ3v) is 1.94. The zero-order valence-corrected chi connectivity index (χ0v) is 6.76. The highest BCUT2D eigenvalue weighted by Gasteiger charge is 1.95. The minimum Gasteiger partial charge on any atom is -0.351 e. The van der Waals surface area contributed by atoms with E-state index in [1.54, 1.807) is 0 Å². The van der Waals surface area contributed by atoms with Crippen molar-refractivity contribution in [3.05, 3.63) is 36.0 Å². The van der Waals surface area contributed by atoms with Crippen LogP contribution >= 0.6 is 0 Å². The Bertz CT molecular complexity index is 385. The third kappa shape index (κ3) is 0.929. The molecule has 0 aliphatic heterocycles. The number of rotatable bonds is 0. The molecule has 11 heavy (non-hydrogen) atoms. The molecule has 0 unspecified atom stereocenters. The van der Waals surface area contributed by atoms with Crippen LogP contribution in [-0.2, 0) is 7.05 Å². The van der Waals surface area contributed by atoms with Crippen LogP contribution in [0, 0.1) is 13.0 Å². The van der Waals surface area contributed by atoms with Crippen molar-refractivity contribution in [3.63, 3.8) is 0 Å². The van der Waals surface area contributed by atoms with Gasteiger partial charge in [-0.1, -0.05) is 6.07 Å². The fourth-order valence-electron chi connectivity index (χ4n) is 1.31. The van der Waals surface area contributed by atoms with Gasteiger partial charge in [-0.25, -0.2) is 0 Å². The van der Waals surface area contributed by atoms with E-state index in [0.717, 1.165) is 0 Å². The van der Waals surface area contributed by atoms with E-state index in [1.807, 2.05) is 7.05 Å². The van der Waals surface area contributed by atoms with Gasteiger partial charge in [0.1, 0.15) is 0 Å². The van der Waals surface area contributed by atoms with E-state index in [0.29, 0.717) is 0 Å². The predicted molar refractivity (Wildman–Crippen MR) is 46.5 cm³/mol. The molecule has 1 aromatic heterocycles. The van der Waals surface area contributed by atoms with Crippen LogP contribution in [0.1, 0.15) is 5.56 Å². The molecule has 2 aromatic rings. The Hall–Kier alpha value is -1.24. The number of benzene rings is 1. The van der Waals surface area contributed by atoms with Gasteiger partial charge in [-0.3, -0.25) is 0 Å². The highest BCUT2D eigenvalue weighted by atomic mass is 14.9. The molecule has 0 bridgehead atoms. The highest BCUT2D eigenvalue weighted by Crippen LogP contribution is 2.14. The molecule has 1 nitrogen and oxygen atoms in total. The minimum atomic E-state index is 1.20. The molecule has 55 valence electrons. The van der Waals surface area contributed by atoms with Crippen LogP contribution in [-0.4, -0.2) is 4.57 Å². The van der Waals surface area contributed by atoms with Gasteiger partial charge in [0, 0.05) is 24.1 Å². The first-order valence-electron chi connectivity index (χ1n) is 3.71. The molecular formula is C10H10N. The molecule has 0 aliphatic rings. The van der Waals surface area contributed by atoms with E-state index in [9.17, 15) is 0 Å². The Kier molecular flexibility index (Phi) is 1.25. The monoisotopic (exact) mass is 144 g/mol. The highest BCUT2D eigenvalue weighted by molar-refractivity contribution is 5.79. The van der Waals surface area contributed by atoms with Crippen molar-refractivity contribution in [1.29, 1.82) is 0 Å². The summed E-state index contributed by atoms with van der Waals surface area (Å²) in [4.78, 5) is 0. The van der Waals surface area contributed by atoms with Gasteiger partial charge in [0.15, 0.2) is 0 Å². The molecule has 0 saturated heterocycles. The van der Waals surface area contributed by atoms with E-state index in [2.05, 4.69) is 42.0 Å². The number of hydrogen-bond acceptors (Lipinski definition) is 0. The molecule has 0 saturated carbocycles. The van der Waals surface area contributed by atoms with Crippen molar-refractivity contribution < 1.29 is 0 Å². The predicted octanol–water partition coefficient (Wildman–Crippen LogP) is 2.29. The normalized spacial score (nSPS) is 10.7. The summed E-state index contributed by atoms with van der Waals surface area (Å²) in [6.45, 7) is 2.06. The second kappa shape index (κ2) is 2.12. The molecule has 2 rings (SSSR count). The summed E-state index contributed by atoms with van der Waals surface area (Å²) in [5.41, 5.74) is 2.44. The molecule has 1 radical (unpaired) electrons. The average molecular weight is 144 g/mol. The van der Waals surface area contributed by atoms with Crippen LogP contribution in [0.2, 0.25) is 0 Å². The standard InChI is InChI=1S/C10H10N/c1-8-3-4-10-9(7-8)5-6-11(10)2/h3-6H,1-2H3. The van der Waals surface area contributed by atoms with E-state index in [1.165, 1.54) is 16.5 Å². The topological polar surface area (TPSA) is 4.93 Å². The lowest BCUT2D eigenvalue weighted by Gasteiger charge is -1.95. The van der Waals surface area contributed by atoms with Crippen LogP contribution in [0.3, 0.4) is 0 Å². The smallest absolute Gasteiger partial charge is 0.0484 e. The number of fused-ring (bicyclic) bond motifs is 1. The van der Waals surface area contributed by atoms with Gasteiger partial charge in [0.05, 0.1) is 0 Å². The molecule has 0 aliphatic carbocycles. The molecule has 0 atom stereocenters. The van der Waals surface area contributed by atoms with Crippen molar-refractivity contribution in [3.8, 4) is 0 Å². The summed E-state index contributed by atoms with van der Waals surface area (Å²) in [5.74, 6) is 0. The second-order valence-electron chi connectivity index (χ2n) is 2.87. The van der Waals surface area contributed by atoms with E-state index < -0.39 is 0 Å². The van der Waals surface area contributed by atoms with Gasteiger partial charge in [-0.2, -0.15) is 0 Å². The summed E-state index contributed by atoms with van der Waals surface area (Å²) < 4.78 is 2.10. The molecule has 1 heterocycles. The summed E-state index contributed by atoms with van der Waals surface area (Å²) in [6.07, 6.45) is 2.06. The number of hydrogen-bond donors (Lipinski definition) is 0. The van der Waals surface area contributed by atoms with Crippen molar-refractivity contribution in [1.82, 2.24) is 4.57 Å². The van der Waals surface area contributed by atoms with Crippen molar-refractivity contribution >= 4 is 10.9 Å². The summed E-state index contributed by atoms with van der Waals surface area (Å²) in [7, 11) is 2.05. The van der Waals surface area contributed by atoms with Crippen molar-refractivity contribution in [2.45, 2.75) is 6.92 Å². The van der Waals surface area contributed by atoms with Crippen LogP contribution < -0.4 is 0 Å². The Morgan fingerprint density at radius 1 is 1.27 bits per heavy atom. The maximum absolute atomic E-state index is 3.29. The minimum absolute atomic E-state index is 1.20. The quantitative estimate of drug-likeness (QED) is 0.534. The first kappa shape index (κ1) is 6.47. The molecule has 0 spiro atoms. The maximum atomic E-state index is 3.29. The fraction of sp³-hybridized carbons (Fsp3) is 0.200. The Morgan fingerprint density at radius 3 is 2.91 bits per heavy atom. The molecule has 0 amide bonds. The lowest BCUT2D eigenvalue weighted by Crippen LogP contribution is -1.82. The SMILES string of the molecule is Cc1[c]c2ccn(C)c2cc1. The molecule has 0 fully saturated rings. The maximum Gasteiger partial charge on any atom is 0.0484 e. The van der Waals surface area contributed by atoms with Crippen molar-refractivity contribution in [2.75, 3.05) is 0 Å². The number of aryl methyl sites for hydroxylation is 2. The zero-order chi connectivity index (χ0) is 7.84. The largest absolute Gasteiger partial charge is 0.351 e. The van der Waals surface area contributed by atoms with Crippen molar-refractivity contribution in [2.24, 2.45) is 7.05 Å².